The molecule has 0 bridgehead atoms. The van der Waals surface area contributed by atoms with Gasteiger partial charge in [0.1, 0.15) is 6.61 Å². The van der Waals surface area contributed by atoms with Crippen LogP contribution >= 0.6 is 11.6 Å². The lowest BCUT2D eigenvalue weighted by atomic mass is 9.95. The highest BCUT2D eigenvalue weighted by atomic mass is 35.5. The van der Waals surface area contributed by atoms with Crippen LogP contribution in [0.1, 0.15) is 29.7 Å². The Labute approximate surface area is 187 Å². The number of oxime groups is 1. The third kappa shape index (κ3) is 4.01. The van der Waals surface area contributed by atoms with Gasteiger partial charge < -0.3 is 9.40 Å². The van der Waals surface area contributed by atoms with Crippen molar-refractivity contribution in [1.29, 1.82) is 0 Å². The first-order valence-electron chi connectivity index (χ1n) is 10.6. The summed E-state index contributed by atoms with van der Waals surface area (Å²) in [7, 11) is 0. The number of aromatic nitrogens is 1. The summed E-state index contributed by atoms with van der Waals surface area (Å²) in [6.45, 7) is 0.365. The van der Waals surface area contributed by atoms with Crippen molar-refractivity contribution in [1.82, 2.24) is 4.57 Å². The Morgan fingerprint density at radius 1 is 0.839 bits per heavy atom. The standard InChI is InChI=1S/C27H23ClN2O/c28-24-15-8-7-12-21(24)19-31-29-25-16-9-17-26-23(25)18-27(20-10-3-1-4-11-20)30(26)22-13-5-2-6-14-22/h1-8,10-15,18H,9,16-17,19H2/b29-25+. The Balaban J connectivity index is 1.54. The smallest absolute Gasteiger partial charge is 0.143 e. The second kappa shape index (κ2) is 8.83. The highest BCUT2D eigenvalue weighted by Crippen LogP contribution is 2.34. The monoisotopic (exact) mass is 426 g/mol. The summed E-state index contributed by atoms with van der Waals surface area (Å²) in [5.41, 5.74) is 7.94. The molecule has 3 aromatic carbocycles. The van der Waals surface area contributed by atoms with Crippen molar-refractivity contribution in [3.05, 3.63) is 113 Å². The molecule has 0 atom stereocenters. The molecule has 5 rings (SSSR count). The van der Waals surface area contributed by atoms with Gasteiger partial charge in [-0.15, -0.1) is 0 Å². The highest BCUT2D eigenvalue weighted by Gasteiger charge is 2.24. The Hall–Kier alpha value is -3.30. The molecule has 0 N–H and O–H groups in total. The van der Waals surface area contributed by atoms with E-state index in [1.165, 1.54) is 28.2 Å². The van der Waals surface area contributed by atoms with Gasteiger partial charge in [0, 0.05) is 27.5 Å². The van der Waals surface area contributed by atoms with Crippen LogP contribution in [-0.2, 0) is 17.9 Å². The van der Waals surface area contributed by atoms with Crippen molar-refractivity contribution in [2.75, 3.05) is 0 Å². The first kappa shape index (κ1) is 19.7. The van der Waals surface area contributed by atoms with E-state index in [4.69, 9.17) is 16.4 Å². The van der Waals surface area contributed by atoms with Crippen molar-refractivity contribution in [3.8, 4) is 16.9 Å². The molecule has 0 amide bonds. The van der Waals surface area contributed by atoms with Crippen LogP contribution in [0.2, 0.25) is 5.02 Å². The molecule has 31 heavy (non-hydrogen) atoms. The Bertz CT molecular complexity index is 1210. The SMILES string of the molecule is Clc1ccccc1CO/N=C1\CCCc2c1cc(-c1ccccc1)n2-c1ccccc1. The second-order valence-corrected chi connectivity index (χ2v) is 8.09. The van der Waals surface area contributed by atoms with Crippen LogP contribution in [0.3, 0.4) is 0 Å². The summed E-state index contributed by atoms with van der Waals surface area (Å²) in [5.74, 6) is 0. The first-order chi connectivity index (χ1) is 15.3. The summed E-state index contributed by atoms with van der Waals surface area (Å²) in [6.07, 6.45) is 2.97. The molecule has 1 aliphatic carbocycles. The third-order valence-corrected chi connectivity index (χ3v) is 6.05. The number of nitrogens with zero attached hydrogens (tertiary/aromatic N) is 2. The number of hydrogen-bond acceptors (Lipinski definition) is 2. The average Bonchev–Trinajstić information content (AvgIpc) is 3.22. The fourth-order valence-corrected chi connectivity index (χ4v) is 4.38. The first-order valence-corrected chi connectivity index (χ1v) is 11.0. The van der Waals surface area contributed by atoms with Crippen molar-refractivity contribution in [2.24, 2.45) is 5.16 Å². The molecule has 1 aromatic heterocycles. The summed E-state index contributed by atoms with van der Waals surface area (Å²) >= 11 is 6.25. The van der Waals surface area contributed by atoms with Gasteiger partial charge in [-0.2, -0.15) is 0 Å². The van der Waals surface area contributed by atoms with Gasteiger partial charge in [0.2, 0.25) is 0 Å². The maximum absolute atomic E-state index is 6.25. The van der Waals surface area contributed by atoms with E-state index >= 15 is 0 Å². The predicted molar refractivity (Wildman–Crippen MR) is 127 cm³/mol. The van der Waals surface area contributed by atoms with E-state index in [1.54, 1.807) is 0 Å². The predicted octanol–water partition coefficient (Wildman–Crippen LogP) is 7.05. The molecule has 4 heteroatoms. The van der Waals surface area contributed by atoms with Gasteiger partial charge in [0.15, 0.2) is 0 Å². The quantitative estimate of drug-likeness (QED) is 0.314. The fraction of sp³-hybridized carbons (Fsp3) is 0.148. The van der Waals surface area contributed by atoms with Crippen LogP contribution in [0.25, 0.3) is 16.9 Å². The number of rotatable bonds is 5. The van der Waals surface area contributed by atoms with Crippen molar-refractivity contribution in [2.45, 2.75) is 25.9 Å². The summed E-state index contributed by atoms with van der Waals surface area (Å²) in [6, 6.07) is 31.0. The number of benzene rings is 3. The maximum atomic E-state index is 6.25. The number of halogens is 1. The number of para-hydroxylation sites is 1. The summed E-state index contributed by atoms with van der Waals surface area (Å²) < 4.78 is 2.37. The Morgan fingerprint density at radius 2 is 1.55 bits per heavy atom. The van der Waals surface area contributed by atoms with E-state index in [0.717, 1.165) is 30.5 Å². The maximum Gasteiger partial charge on any atom is 0.143 e. The van der Waals surface area contributed by atoms with Crippen LogP contribution in [0.15, 0.2) is 96.2 Å². The zero-order valence-electron chi connectivity index (χ0n) is 17.2. The normalized spacial score (nSPS) is 14.4. The Morgan fingerprint density at radius 3 is 2.32 bits per heavy atom. The summed E-state index contributed by atoms with van der Waals surface area (Å²) in [4.78, 5) is 5.75. The second-order valence-electron chi connectivity index (χ2n) is 7.68. The van der Waals surface area contributed by atoms with Gasteiger partial charge in [0.25, 0.3) is 0 Å². The number of fused-ring (bicyclic) bond motifs is 1. The summed E-state index contributed by atoms with van der Waals surface area (Å²) in [5, 5.41) is 5.25. The molecule has 3 nitrogen and oxygen atoms in total. The molecule has 1 heterocycles. The molecule has 154 valence electrons. The minimum absolute atomic E-state index is 0.365. The van der Waals surface area contributed by atoms with Gasteiger partial charge in [-0.3, -0.25) is 0 Å². The molecule has 4 aromatic rings. The molecule has 0 spiro atoms. The van der Waals surface area contributed by atoms with Gasteiger partial charge >= 0.3 is 0 Å². The van der Waals surface area contributed by atoms with Gasteiger partial charge in [-0.05, 0) is 49.1 Å². The van der Waals surface area contributed by atoms with E-state index in [2.05, 4.69) is 76.5 Å². The molecular formula is C27H23ClN2O. The van der Waals surface area contributed by atoms with Crippen LogP contribution in [-0.4, -0.2) is 10.3 Å². The molecule has 0 radical (unpaired) electrons. The lowest BCUT2D eigenvalue weighted by molar-refractivity contribution is 0.130. The minimum atomic E-state index is 0.365. The van der Waals surface area contributed by atoms with E-state index in [1.807, 2.05) is 24.3 Å². The van der Waals surface area contributed by atoms with Crippen molar-refractivity contribution < 1.29 is 4.84 Å². The van der Waals surface area contributed by atoms with Crippen LogP contribution in [0.4, 0.5) is 0 Å². The molecule has 0 aliphatic heterocycles. The lowest BCUT2D eigenvalue weighted by Crippen LogP contribution is -2.14. The zero-order chi connectivity index (χ0) is 21.0. The van der Waals surface area contributed by atoms with Crippen LogP contribution < -0.4 is 0 Å². The Kier molecular flexibility index (Phi) is 5.59. The van der Waals surface area contributed by atoms with Crippen LogP contribution in [0.5, 0.6) is 0 Å². The van der Waals surface area contributed by atoms with E-state index in [-0.39, 0.29) is 0 Å². The topological polar surface area (TPSA) is 26.5 Å². The van der Waals surface area contributed by atoms with E-state index in [0.29, 0.717) is 11.6 Å². The zero-order valence-corrected chi connectivity index (χ0v) is 17.9. The molecule has 0 fully saturated rings. The average molecular weight is 427 g/mol. The van der Waals surface area contributed by atoms with Crippen molar-refractivity contribution >= 4 is 17.3 Å². The van der Waals surface area contributed by atoms with Crippen LogP contribution in [0, 0.1) is 0 Å². The lowest BCUT2D eigenvalue weighted by Gasteiger charge is -2.18. The van der Waals surface area contributed by atoms with Gasteiger partial charge in [-0.1, -0.05) is 83.5 Å². The molecular weight excluding hydrogens is 404 g/mol. The fourth-order valence-electron chi connectivity index (χ4n) is 4.19. The largest absolute Gasteiger partial charge is 0.391 e. The van der Waals surface area contributed by atoms with E-state index in [9.17, 15) is 0 Å². The van der Waals surface area contributed by atoms with Crippen molar-refractivity contribution in [3.63, 3.8) is 0 Å². The minimum Gasteiger partial charge on any atom is -0.391 e. The molecule has 0 unspecified atom stereocenters. The molecule has 0 saturated heterocycles. The highest BCUT2D eigenvalue weighted by molar-refractivity contribution is 6.31. The van der Waals surface area contributed by atoms with Gasteiger partial charge in [-0.25, -0.2) is 0 Å². The molecule has 1 aliphatic rings. The third-order valence-electron chi connectivity index (χ3n) is 5.68. The van der Waals surface area contributed by atoms with Gasteiger partial charge in [0.05, 0.1) is 11.4 Å². The number of hydrogen-bond donors (Lipinski definition) is 0. The van der Waals surface area contributed by atoms with E-state index < -0.39 is 0 Å². The molecule has 0 saturated carbocycles.